The SMILES string of the molecule is O=S1(=O)CCC(CNCC(O)c2cccc(F)c2)C1. The molecule has 1 heterocycles. The van der Waals surface area contributed by atoms with Crippen LogP contribution in [0.4, 0.5) is 4.39 Å². The van der Waals surface area contributed by atoms with E-state index in [0.717, 1.165) is 0 Å². The van der Waals surface area contributed by atoms with Gasteiger partial charge in [0.15, 0.2) is 9.84 Å². The molecule has 4 nitrogen and oxygen atoms in total. The van der Waals surface area contributed by atoms with Crippen LogP contribution in [-0.2, 0) is 9.84 Å². The van der Waals surface area contributed by atoms with Gasteiger partial charge in [-0.2, -0.15) is 0 Å². The van der Waals surface area contributed by atoms with Gasteiger partial charge in [-0.15, -0.1) is 0 Å². The maximum atomic E-state index is 13.0. The molecule has 0 aliphatic carbocycles. The van der Waals surface area contributed by atoms with Gasteiger partial charge in [0.2, 0.25) is 0 Å². The number of hydrogen-bond donors (Lipinski definition) is 2. The van der Waals surface area contributed by atoms with Crippen molar-refractivity contribution >= 4 is 9.84 Å². The Morgan fingerprint density at radius 2 is 2.26 bits per heavy atom. The van der Waals surface area contributed by atoms with Crippen LogP contribution in [0.1, 0.15) is 18.1 Å². The molecule has 1 saturated heterocycles. The molecule has 2 N–H and O–H groups in total. The Bertz CT molecular complexity index is 532. The molecule has 1 aliphatic heterocycles. The average molecular weight is 287 g/mol. The Hall–Kier alpha value is -0.980. The normalized spacial score (nSPS) is 23.4. The molecule has 2 rings (SSSR count). The molecule has 2 atom stereocenters. The van der Waals surface area contributed by atoms with Crippen molar-refractivity contribution < 1.29 is 17.9 Å². The third kappa shape index (κ3) is 4.26. The monoisotopic (exact) mass is 287 g/mol. The zero-order valence-corrected chi connectivity index (χ0v) is 11.4. The number of aliphatic hydroxyl groups is 1. The molecule has 106 valence electrons. The van der Waals surface area contributed by atoms with E-state index < -0.39 is 15.9 Å². The van der Waals surface area contributed by atoms with Crippen molar-refractivity contribution in [3.8, 4) is 0 Å². The van der Waals surface area contributed by atoms with Crippen molar-refractivity contribution in [1.29, 1.82) is 0 Å². The van der Waals surface area contributed by atoms with Gasteiger partial charge in [0, 0.05) is 6.54 Å². The van der Waals surface area contributed by atoms with E-state index in [2.05, 4.69) is 5.32 Å². The molecule has 0 aromatic heterocycles. The molecule has 2 unspecified atom stereocenters. The minimum Gasteiger partial charge on any atom is -0.387 e. The third-order valence-corrected chi connectivity index (χ3v) is 5.17. The van der Waals surface area contributed by atoms with E-state index in [1.54, 1.807) is 12.1 Å². The van der Waals surface area contributed by atoms with Gasteiger partial charge in [-0.25, -0.2) is 12.8 Å². The van der Waals surface area contributed by atoms with Gasteiger partial charge < -0.3 is 10.4 Å². The van der Waals surface area contributed by atoms with Crippen molar-refractivity contribution in [3.05, 3.63) is 35.6 Å². The van der Waals surface area contributed by atoms with E-state index in [4.69, 9.17) is 0 Å². The number of aliphatic hydroxyl groups excluding tert-OH is 1. The molecule has 0 radical (unpaired) electrons. The molecule has 0 bridgehead atoms. The maximum Gasteiger partial charge on any atom is 0.150 e. The van der Waals surface area contributed by atoms with Crippen LogP contribution in [0.2, 0.25) is 0 Å². The van der Waals surface area contributed by atoms with E-state index >= 15 is 0 Å². The summed E-state index contributed by atoms with van der Waals surface area (Å²) in [5.74, 6) is 0.213. The van der Waals surface area contributed by atoms with E-state index in [1.807, 2.05) is 0 Å². The second kappa shape index (κ2) is 5.98. The molecule has 0 spiro atoms. The highest BCUT2D eigenvalue weighted by Gasteiger charge is 2.27. The highest BCUT2D eigenvalue weighted by molar-refractivity contribution is 7.91. The Morgan fingerprint density at radius 3 is 2.89 bits per heavy atom. The molecule has 1 aromatic rings. The van der Waals surface area contributed by atoms with Crippen molar-refractivity contribution in [2.75, 3.05) is 24.6 Å². The lowest BCUT2D eigenvalue weighted by molar-refractivity contribution is 0.173. The molecule has 19 heavy (non-hydrogen) atoms. The molecular weight excluding hydrogens is 269 g/mol. The summed E-state index contributed by atoms with van der Waals surface area (Å²) in [6, 6.07) is 5.84. The molecule has 1 aromatic carbocycles. The first-order valence-corrected chi connectivity index (χ1v) is 8.13. The van der Waals surface area contributed by atoms with Gasteiger partial charge in [0.05, 0.1) is 17.6 Å². The summed E-state index contributed by atoms with van der Waals surface area (Å²) >= 11 is 0. The Morgan fingerprint density at radius 1 is 1.47 bits per heavy atom. The van der Waals surface area contributed by atoms with Gasteiger partial charge in [0.1, 0.15) is 5.82 Å². The summed E-state index contributed by atoms with van der Waals surface area (Å²) in [4.78, 5) is 0. The lowest BCUT2D eigenvalue weighted by Gasteiger charge is -2.14. The second-order valence-electron chi connectivity index (χ2n) is 5.00. The van der Waals surface area contributed by atoms with Crippen molar-refractivity contribution in [1.82, 2.24) is 5.32 Å². The van der Waals surface area contributed by atoms with Crippen molar-refractivity contribution in [2.45, 2.75) is 12.5 Å². The number of benzene rings is 1. The minimum absolute atomic E-state index is 0.115. The molecule has 1 aliphatic rings. The smallest absolute Gasteiger partial charge is 0.150 e. The van der Waals surface area contributed by atoms with Crippen LogP contribution >= 0.6 is 0 Å². The fraction of sp³-hybridized carbons (Fsp3) is 0.538. The number of halogens is 1. The lowest BCUT2D eigenvalue weighted by Crippen LogP contribution is -2.28. The van der Waals surface area contributed by atoms with Crippen LogP contribution < -0.4 is 5.32 Å². The summed E-state index contributed by atoms with van der Waals surface area (Å²) in [6.07, 6.45) is -0.112. The number of sulfone groups is 1. The van der Waals surface area contributed by atoms with Crippen molar-refractivity contribution in [2.24, 2.45) is 5.92 Å². The molecule has 6 heteroatoms. The van der Waals surface area contributed by atoms with Crippen LogP contribution in [-0.4, -0.2) is 38.1 Å². The number of nitrogens with one attached hydrogen (secondary N) is 1. The van der Waals surface area contributed by atoms with E-state index in [0.29, 0.717) is 25.1 Å². The Balaban J connectivity index is 1.77. The minimum atomic E-state index is -2.86. The first-order chi connectivity index (χ1) is 8.96. The van der Waals surface area contributed by atoms with Crippen LogP contribution in [0.3, 0.4) is 0 Å². The standard InChI is InChI=1S/C13H18FNO3S/c14-12-3-1-2-11(6-12)13(16)8-15-7-10-4-5-19(17,18)9-10/h1-3,6,10,13,15-16H,4-5,7-9H2. The van der Waals surface area contributed by atoms with Gasteiger partial charge in [-0.3, -0.25) is 0 Å². The number of hydrogen-bond acceptors (Lipinski definition) is 4. The predicted octanol–water partition coefficient (Wildman–Crippen LogP) is 0.883. The summed E-state index contributed by atoms with van der Waals surface area (Å²) in [6.45, 7) is 0.853. The van der Waals surface area contributed by atoms with Gasteiger partial charge in [0.25, 0.3) is 0 Å². The maximum absolute atomic E-state index is 13.0. The average Bonchev–Trinajstić information content (AvgIpc) is 2.69. The topological polar surface area (TPSA) is 66.4 Å². The summed E-state index contributed by atoms with van der Waals surface area (Å²) in [7, 11) is -2.86. The Labute approximate surface area is 112 Å². The van der Waals surface area contributed by atoms with Crippen LogP contribution in [0.25, 0.3) is 0 Å². The zero-order valence-electron chi connectivity index (χ0n) is 10.5. The van der Waals surface area contributed by atoms with E-state index in [-0.39, 0.29) is 23.2 Å². The van der Waals surface area contributed by atoms with Crippen LogP contribution in [0.5, 0.6) is 0 Å². The van der Waals surface area contributed by atoms with E-state index in [1.165, 1.54) is 12.1 Å². The highest BCUT2D eigenvalue weighted by Crippen LogP contribution is 2.18. The van der Waals surface area contributed by atoms with E-state index in [9.17, 15) is 17.9 Å². The fourth-order valence-corrected chi connectivity index (χ4v) is 4.15. The first-order valence-electron chi connectivity index (χ1n) is 6.31. The highest BCUT2D eigenvalue weighted by atomic mass is 32.2. The molecule has 0 saturated carbocycles. The molecule has 0 amide bonds. The third-order valence-electron chi connectivity index (χ3n) is 3.33. The summed E-state index contributed by atoms with van der Waals surface area (Å²) < 4.78 is 35.5. The summed E-state index contributed by atoms with van der Waals surface area (Å²) in [5, 5.41) is 12.9. The fourth-order valence-electron chi connectivity index (χ4n) is 2.29. The zero-order chi connectivity index (χ0) is 13.9. The molecule has 1 fully saturated rings. The van der Waals surface area contributed by atoms with Crippen LogP contribution in [0.15, 0.2) is 24.3 Å². The second-order valence-corrected chi connectivity index (χ2v) is 7.23. The summed E-state index contributed by atoms with van der Waals surface area (Å²) in [5.41, 5.74) is 0.520. The van der Waals surface area contributed by atoms with Gasteiger partial charge >= 0.3 is 0 Å². The molecular formula is C13H18FNO3S. The largest absolute Gasteiger partial charge is 0.387 e. The van der Waals surface area contributed by atoms with Crippen molar-refractivity contribution in [3.63, 3.8) is 0 Å². The predicted molar refractivity (Wildman–Crippen MR) is 71.0 cm³/mol. The Kier molecular flexibility index (Phi) is 4.54. The first kappa shape index (κ1) is 14.4. The number of rotatable bonds is 5. The van der Waals surface area contributed by atoms with Gasteiger partial charge in [-0.05, 0) is 36.6 Å². The quantitative estimate of drug-likeness (QED) is 0.844. The lowest BCUT2D eigenvalue weighted by atomic mass is 10.1. The van der Waals surface area contributed by atoms with Gasteiger partial charge in [-0.1, -0.05) is 12.1 Å². The van der Waals surface area contributed by atoms with Crippen LogP contribution in [0, 0.1) is 11.7 Å².